The molecule has 0 aliphatic heterocycles. The predicted molar refractivity (Wildman–Crippen MR) is 117 cm³/mol. The first-order valence-corrected chi connectivity index (χ1v) is 10.4. The fourth-order valence-electron chi connectivity index (χ4n) is 2.87. The molecule has 0 heterocycles. The van der Waals surface area contributed by atoms with Crippen LogP contribution in [0, 0.1) is 5.82 Å². The maximum atomic E-state index is 13.5. The molecule has 0 saturated heterocycles. The van der Waals surface area contributed by atoms with Crippen LogP contribution in [0.3, 0.4) is 0 Å². The molecule has 0 fully saturated rings. The number of benzene rings is 2. The Hall–Kier alpha value is -2.61. The molecule has 0 bridgehead atoms. The minimum atomic E-state index is -0.221. The molecular formula is C21H28FN3O3S. The van der Waals surface area contributed by atoms with Crippen molar-refractivity contribution in [1.82, 2.24) is 10.6 Å². The maximum absolute atomic E-state index is 13.5. The molecule has 158 valence electrons. The van der Waals surface area contributed by atoms with Gasteiger partial charge in [-0.25, -0.2) is 4.39 Å². The van der Waals surface area contributed by atoms with E-state index in [0.717, 1.165) is 22.4 Å². The van der Waals surface area contributed by atoms with Gasteiger partial charge in [0.15, 0.2) is 17.5 Å². The van der Waals surface area contributed by atoms with Gasteiger partial charge in [0.05, 0.1) is 21.3 Å². The highest BCUT2D eigenvalue weighted by Crippen LogP contribution is 2.34. The zero-order valence-electron chi connectivity index (χ0n) is 17.5. The molecule has 0 aliphatic rings. The molecule has 0 unspecified atom stereocenters. The van der Waals surface area contributed by atoms with Crippen molar-refractivity contribution in [3.05, 3.63) is 52.8 Å². The van der Waals surface area contributed by atoms with Crippen LogP contribution in [0.25, 0.3) is 0 Å². The van der Waals surface area contributed by atoms with E-state index in [1.807, 2.05) is 12.3 Å². The van der Waals surface area contributed by atoms with Crippen molar-refractivity contribution in [3.8, 4) is 17.2 Å². The van der Waals surface area contributed by atoms with E-state index in [1.54, 1.807) is 58.3 Å². The zero-order valence-corrected chi connectivity index (χ0v) is 18.3. The molecule has 2 aromatic rings. The quantitative estimate of drug-likeness (QED) is 0.477. The van der Waals surface area contributed by atoms with Gasteiger partial charge in [-0.2, -0.15) is 11.8 Å². The summed E-state index contributed by atoms with van der Waals surface area (Å²) in [5.74, 6) is 3.08. The first kappa shape index (κ1) is 22.7. The van der Waals surface area contributed by atoms with Gasteiger partial charge in [-0.05, 0) is 35.6 Å². The van der Waals surface area contributed by atoms with Gasteiger partial charge in [-0.1, -0.05) is 6.07 Å². The van der Waals surface area contributed by atoms with Crippen molar-refractivity contribution in [1.29, 1.82) is 0 Å². The lowest BCUT2D eigenvalue weighted by molar-refractivity contribution is 0.347. The predicted octanol–water partition coefficient (Wildman–Crippen LogP) is 3.58. The minimum absolute atomic E-state index is 0.221. The summed E-state index contributed by atoms with van der Waals surface area (Å²) in [6, 6.07) is 8.52. The highest BCUT2D eigenvalue weighted by atomic mass is 32.2. The molecule has 2 aromatic carbocycles. The smallest absolute Gasteiger partial charge is 0.191 e. The summed E-state index contributed by atoms with van der Waals surface area (Å²) in [5, 5.41) is 6.54. The number of halogens is 1. The Kier molecular flexibility index (Phi) is 8.92. The van der Waals surface area contributed by atoms with Crippen LogP contribution >= 0.6 is 11.8 Å². The number of aliphatic imine (C=N–C) groups is 1. The lowest BCUT2D eigenvalue weighted by Crippen LogP contribution is -2.36. The SMILES string of the molecule is CN=C(NCc1ccc(F)cc1CSC)NCc1cc(OC)c(OC)cc1OC. The van der Waals surface area contributed by atoms with Gasteiger partial charge < -0.3 is 24.8 Å². The minimum Gasteiger partial charge on any atom is -0.496 e. The van der Waals surface area contributed by atoms with Crippen molar-refractivity contribution in [2.75, 3.05) is 34.6 Å². The summed E-state index contributed by atoms with van der Waals surface area (Å²) in [4.78, 5) is 4.26. The van der Waals surface area contributed by atoms with Crippen LogP contribution in [-0.2, 0) is 18.8 Å². The highest BCUT2D eigenvalue weighted by Gasteiger charge is 2.12. The molecule has 0 saturated carbocycles. The van der Waals surface area contributed by atoms with E-state index in [0.29, 0.717) is 36.3 Å². The van der Waals surface area contributed by atoms with E-state index in [9.17, 15) is 4.39 Å². The average molecular weight is 422 g/mol. The number of nitrogens with zero attached hydrogens (tertiary/aromatic N) is 1. The molecule has 0 radical (unpaired) electrons. The number of methoxy groups -OCH3 is 3. The molecule has 0 amide bonds. The van der Waals surface area contributed by atoms with Crippen LogP contribution in [0.4, 0.5) is 4.39 Å². The van der Waals surface area contributed by atoms with E-state index in [1.165, 1.54) is 6.07 Å². The van der Waals surface area contributed by atoms with Gasteiger partial charge in [0.2, 0.25) is 0 Å². The molecule has 0 atom stereocenters. The molecule has 0 aliphatic carbocycles. The number of hydrogen-bond donors (Lipinski definition) is 2. The van der Waals surface area contributed by atoms with Crippen molar-refractivity contribution in [3.63, 3.8) is 0 Å². The fraction of sp³-hybridized carbons (Fsp3) is 0.381. The van der Waals surface area contributed by atoms with E-state index in [2.05, 4.69) is 15.6 Å². The second-order valence-electron chi connectivity index (χ2n) is 6.14. The summed E-state index contributed by atoms with van der Waals surface area (Å²) >= 11 is 1.66. The Morgan fingerprint density at radius 1 is 0.897 bits per heavy atom. The Balaban J connectivity index is 2.07. The van der Waals surface area contributed by atoms with Gasteiger partial charge in [-0.3, -0.25) is 4.99 Å². The molecule has 6 nitrogen and oxygen atoms in total. The summed E-state index contributed by atoms with van der Waals surface area (Å²) in [6.45, 7) is 1.02. The standard InChI is InChI=1S/C21H28FN3O3S/c1-23-21(24-11-14-6-7-17(22)8-16(14)13-29-5)25-12-15-9-19(27-3)20(28-4)10-18(15)26-2/h6-10H,11-13H2,1-5H3,(H2,23,24,25). The fourth-order valence-corrected chi connectivity index (χ4v) is 3.45. The zero-order chi connectivity index (χ0) is 21.2. The largest absolute Gasteiger partial charge is 0.496 e. The summed E-state index contributed by atoms with van der Waals surface area (Å²) in [7, 11) is 6.49. The number of nitrogens with one attached hydrogen (secondary N) is 2. The highest BCUT2D eigenvalue weighted by molar-refractivity contribution is 7.97. The molecule has 8 heteroatoms. The van der Waals surface area contributed by atoms with E-state index in [4.69, 9.17) is 14.2 Å². The van der Waals surface area contributed by atoms with Crippen LogP contribution < -0.4 is 24.8 Å². The Bertz CT molecular complexity index is 846. The van der Waals surface area contributed by atoms with Gasteiger partial charge >= 0.3 is 0 Å². The van der Waals surface area contributed by atoms with Crippen LogP contribution in [-0.4, -0.2) is 40.6 Å². The normalized spacial score (nSPS) is 11.2. The third-order valence-electron chi connectivity index (χ3n) is 4.37. The van der Waals surface area contributed by atoms with Crippen molar-refractivity contribution >= 4 is 17.7 Å². The van der Waals surface area contributed by atoms with E-state index >= 15 is 0 Å². The third-order valence-corrected chi connectivity index (χ3v) is 4.97. The Morgan fingerprint density at radius 2 is 1.52 bits per heavy atom. The molecule has 0 spiro atoms. The second kappa shape index (κ2) is 11.4. The van der Waals surface area contributed by atoms with Gasteiger partial charge in [0.25, 0.3) is 0 Å². The van der Waals surface area contributed by atoms with Crippen molar-refractivity contribution < 1.29 is 18.6 Å². The molecule has 2 rings (SSSR count). The monoisotopic (exact) mass is 421 g/mol. The maximum Gasteiger partial charge on any atom is 0.191 e. The second-order valence-corrected chi connectivity index (χ2v) is 7.01. The van der Waals surface area contributed by atoms with Crippen LogP contribution in [0.5, 0.6) is 17.2 Å². The van der Waals surface area contributed by atoms with Crippen LogP contribution in [0.15, 0.2) is 35.3 Å². The van der Waals surface area contributed by atoms with Crippen LogP contribution in [0.1, 0.15) is 16.7 Å². The number of thioether (sulfide) groups is 1. The summed E-state index contributed by atoms with van der Waals surface area (Å²) in [6.07, 6.45) is 2.00. The van der Waals surface area contributed by atoms with Crippen molar-refractivity contribution in [2.45, 2.75) is 18.8 Å². The molecule has 29 heavy (non-hydrogen) atoms. The number of hydrogen-bond acceptors (Lipinski definition) is 5. The van der Waals surface area contributed by atoms with E-state index < -0.39 is 0 Å². The van der Waals surface area contributed by atoms with Crippen molar-refractivity contribution in [2.24, 2.45) is 4.99 Å². The molecular weight excluding hydrogens is 393 g/mol. The lowest BCUT2D eigenvalue weighted by atomic mass is 10.1. The number of rotatable bonds is 9. The molecule has 2 N–H and O–H groups in total. The first-order chi connectivity index (χ1) is 14.1. The summed E-state index contributed by atoms with van der Waals surface area (Å²) < 4.78 is 29.7. The topological polar surface area (TPSA) is 64.1 Å². The lowest BCUT2D eigenvalue weighted by Gasteiger charge is -2.17. The van der Waals surface area contributed by atoms with Gasteiger partial charge in [-0.15, -0.1) is 0 Å². The first-order valence-electron chi connectivity index (χ1n) is 9.05. The van der Waals surface area contributed by atoms with E-state index in [-0.39, 0.29) is 5.82 Å². The third kappa shape index (κ3) is 6.19. The van der Waals surface area contributed by atoms with Gasteiger partial charge in [0, 0.05) is 37.5 Å². The Morgan fingerprint density at radius 3 is 2.10 bits per heavy atom. The Labute approximate surface area is 175 Å². The molecule has 0 aromatic heterocycles. The number of ether oxygens (including phenoxy) is 3. The van der Waals surface area contributed by atoms with Gasteiger partial charge in [0.1, 0.15) is 11.6 Å². The average Bonchev–Trinajstić information content (AvgIpc) is 2.74. The summed E-state index contributed by atoms with van der Waals surface area (Å²) in [5.41, 5.74) is 2.91. The van der Waals surface area contributed by atoms with Crippen LogP contribution in [0.2, 0.25) is 0 Å². The number of guanidine groups is 1.